The summed E-state index contributed by atoms with van der Waals surface area (Å²) in [6.07, 6.45) is 4.13. The molecule has 0 aromatic heterocycles. The first kappa shape index (κ1) is 5.81. The van der Waals surface area contributed by atoms with Gasteiger partial charge in [-0.05, 0) is 43.8 Å². The molecule has 0 aromatic rings. The molecule has 2 rings (SSSR count). The molecule has 0 aromatic carbocycles. The van der Waals surface area contributed by atoms with E-state index in [0.29, 0.717) is 0 Å². The van der Waals surface area contributed by atoms with Gasteiger partial charge in [0, 0.05) is 11.4 Å². The van der Waals surface area contributed by atoms with E-state index in [1.807, 2.05) is 11.9 Å². The highest BCUT2D eigenvalue weighted by molar-refractivity contribution is 8.01. The molecule has 0 amide bonds. The van der Waals surface area contributed by atoms with E-state index in [0.717, 1.165) is 0 Å². The van der Waals surface area contributed by atoms with Gasteiger partial charge in [-0.1, -0.05) is 0 Å². The fourth-order valence-electron chi connectivity index (χ4n) is 1.55. The van der Waals surface area contributed by atoms with Gasteiger partial charge in [0.05, 0.1) is 0 Å². The third-order valence-corrected chi connectivity index (χ3v) is 3.11. The summed E-state index contributed by atoms with van der Waals surface area (Å²) in [4.78, 5) is 1.66. The summed E-state index contributed by atoms with van der Waals surface area (Å²) in [5.41, 5.74) is 1.71. The average Bonchev–Trinajstić information content (AvgIpc) is 2.22. The summed E-state index contributed by atoms with van der Waals surface area (Å²) >= 11 is 1.95. The predicted molar refractivity (Wildman–Crippen MR) is 41.1 cm³/mol. The van der Waals surface area contributed by atoms with Gasteiger partial charge in [-0.25, -0.2) is 4.31 Å². The van der Waals surface area contributed by atoms with E-state index in [2.05, 4.69) is 11.4 Å². The first-order valence-electron chi connectivity index (χ1n) is 3.46. The van der Waals surface area contributed by atoms with E-state index in [4.69, 9.17) is 0 Å². The van der Waals surface area contributed by atoms with E-state index < -0.39 is 0 Å². The van der Waals surface area contributed by atoms with Gasteiger partial charge >= 0.3 is 0 Å². The molecule has 50 valence electrons. The molecular formula is C7H11NS. The van der Waals surface area contributed by atoms with Crippen molar-refractivity contribution < 1.29 is 0 Å². The topological polar surface area (TPSA) is 3.24 Å². The minimum atomic E-state index is 1.22. The Morgan fingerprint density at radius 2 is 2.33 bits per heavy atom. The van der Waals surface area contributed by atoms with Gasteiger partial charge in [-0.15, -0.1) is 0 Å². The molecular weight excluding hydrogens is 130 g/mol. The van der Waals surface area contributed by atoms with Crippen LogP contribution in [0.2, 0.25) is 0 Å². The molecule has 0 saturated heterocycles. The smallest absolute Gasteiger partial charge is 0.0311 e. The Hall–Kier alpha value is 0.0500. The summed E-state index contributed by atoms with van der Waals surface area (Å²) in [6, 6.07) is 0. The van der Waals surface area contributed by atoms with Crippen molar-refractivity contribution in [2.45, 2.75) is 19.3 Å². The lowest BCUT2D eigenvalue weighted by atomic mass is 10.2. The number of likely N-dealkylation sites (N-methyl/N-ethyl adjacent to an activating group) is 1. The van der Waals surface area contributed by atoms with E-state index in [9.17, 15) is 0 Å². The summed E-state index contributed by atoms with van der Waals surface area (Å²) in [5.74, 6) is 0. The lowest BCUT2D eigenvalue weighted by Crippen LogP contribution is -2.05. The highest BCUT2D eigenvalue weighted by Crippen LogP contribution is 2.41. The van der Waals surface area contributed by atoms with Crippen LogP contribution >= 0.6 is 11.9 Å². The van der Waals surface area contributed by atoms with Crippen molar-refractivity contribution in [3.05, 3.63) is 10.5 Å². The predicted octanol–water partition coefficient (Wildman–Crippen LogP) is 2.02. The first-order valence-corrected chi connectivity index (χ1v) is 4.23. The third-order valence-electron chi connectivity index (χ3n) is 1.96. The molecule has 0 unspecified atom stereocenters. The van der Waals surface area contributed by atoms with Crippen molar-refractivity contribution in [3.63, 3.8) is 0 Å². The Morgan fingerprint density at radius 3 is 3.11 bits per heavy atom. The largest absolute Gasteiger partial charge is 0.246 e. The van der Waals surface area contributed by atoms with Crippen LogP contribution in [0.15, 0.2) is 10.5 Å². The van der Waals surface area contributed by atoms with Crippen LogP contribution in [-0.2, 0) is 0 Å². The van der Waals surface area contributed by atoms with Crippen LogP contribution in [0, 0.1) is 0 Å². The maximum atomic E-state index is 2.32. The van der Waals surface area contributed by atoms with E-state index in [1.54, 1.807) is 10.5 Å². The molecule has 0 saturated carbocycles. The van der Waals surface area contributed by atoms with Crippen molar-refractivity contribution in [2.75, 3.05) is 13.6 Å². The number of nitrogens with zero attached hydrogens (tertiary/aromatic N) is 1. The lowest BCUT2D eigenvalue weighted by molar-refractivity contribution is 0.618. The van der Waals surface area contributed by atoms with E-state index in [-0.39, 0.29) is 0 Å². The van der Waals surface area contributed by atoms with Crippen LogP contribution in [0.4, 0.5) is 0 Å². The van der Waals surface area contributed by atoms with Crippen LogP contribution < -0.4 is 0 Å². The van der Waals surface area contributed by atoms with Crippen LogP contribution in [-0.4, -0.2) is 17.9 Å². The van der Waals surface area contributed by atoms with Gasteiger partial charge in [0.25, 0.3) is 0 Å². The minimum absolute atomic E-state index is 1.22. The molecule has 0 spiro atoms. The Balaban J connectivity index is 2.15. The van der Waals surface area contributed by atoms with Crippen molar-refractivity contribution in [1.29, 1.82) is 0 Å². The second-order valence-electron chi connectivity index (χ2n) is 2.76. The van der Waals surface area contributed by atoms with Gasteiger partial charge in [0.1, 0.15) is 0 Å². The monoisotopic (exact) mass is 141 g/mol. The SMILES string of the molecule is CN1CC2=C(CCC2)S1. The number of hydrogen-bond donors (Lipinski definition) is 0. The van der Waals surface area contributed by atoms with Crippen LogP contribution in [0.3, 0.4) is 0 Å². The van der Waals surface area contributed by atoms with E-state index in [1.165, 1.54) is 25.8 Å². The summed E-state index contributed by atoms with van der Waals surface area (Å²) in [6.45, 7) is 1.22. The highest BCUT2D eigenvalue weighted by atomic mass is 32.2. The summed E-state index contributed by atoms with van der Waals surface area (Å²) in [5, 5.41) is 0. The zero-order valence-electron chi connectivity index (χ0n) is 5.68. The molecule has 1 aliphatic carbocycles. The molecule has 0 N–H and O–H groups in total. The Morgan fingerprint density at radius 1 is 1.44 bits per heavy atom. The molecule has 9 heavy (non-hydrogen) atoms. The van der Waals surface area contributed by atoms with Crippen LogP contribution in [0.5, 0.6) is 0 Å². The minimum Gasteiger partial charge on any atom is -0.246 e. The molecule has 0 bridgehead atoms. The first-order chi connectivity index (χ1) is 4.36. The normalized spacial score (nSPS) is 27.7. The average molecular weight is 141 g/mol. The van der Waals surface area contributed by atoms with E-state index >= 15 is 0 Å². The molecule has 0 fully saturated rings. The molecule has 2 aliphatic rings. The van der Waals surface area contributed by atoms with Gasteiger partial charge in [0.2, 0.25) is 0 Å². The maximum absolute atomic E-state index is 2.32. The molecule has 1 heterocycles. The number of hydrogen-bond acceptors (Lipinski definition) is 2. The molecule has 2 heteroatoms. The number of rotatable bonds is 0. The molecule has 1 aliphatic heterocycles. The second kappa shape index (κ2) is 2.03. The Labute approximate surface area is 60.2 Å². The van der Waals surface area contributed by atoms with Crippen molar-refractivity contribution in [3.8, 4) is 0 Å². The second-order valence-corrected chi connectivity index (χ2v) is 4.06. The summed E-state index contributed by atoms with van der Waals surface area (Å²) in [7, 11) is 2.17. The highest BCUT2D eigenvalue weighted by Gasteiger charge is 2.23. The quantitative estimate of drug-likeness (QED) is 0.475. The van der Waals surface area contributed by atoms with Crippen molar-refractivity contribution in [1.82, 2.24) is 4.31 Å². The van der Waals surface area contributed by atoms with Gasteiger partial charge in [-0.3, -0.25) is 0 Å². The van der Waals surface area contributed by atoms with Crippen molar-refractivity contribution >= 4 is 11.9 Å². The Bertz CT molecular complexity index is 146. The van der Waals surface area contributed by atoms with Crippen LogP contribution in [0.1, 0.15) is 19.3 Å². The number of allylic oxidation sites excluding steroid dienone is 1. The van der Waals surface area contributed by atoms with Gasteiger partial charge in [0.15, 0.2) is 0 Å². The van der Waals surface area contributed by atoms with Gasteiger partial charge in [-0.2, -0.15) is 0 Å². The summed E-state index contributed by atoms with van der Waals surface area (Å²) < 4.78 is 2.32. The lowest BCUT2D eigenvalue weighted by Gasteiger charge is -2.06. The molecule has 0 atom stereocenters. The zero-order valence-corrected chi connectivity index (χ0v) is 6.50. The molecule has 1 nitrogen and oxygen atoms in total. The third kappa shape index (κ3) is 0.904. The fourth-order valence-corrected chi connectivity index (χ4v) is 2.67. The standard InChI is InChI=1S/C7H11NS/c1-8-5-6-3-2-4-7(6)9-8/h2-5H2,1H3. The maximum Gasteiger partial charge on any atom is 0.0311 e. The zero-order chi connectivity index (χ0) is 6.27. The molecule has 0 radical (unpaired) electrons. The van der Waals surface area contributed by atoms with Crippen molar-refractivity contribution in [2.24, 2.45) is 0 Å². The Kier molecular flexibility index (Phi) is 1.31. The fraction of sp³-hybridized carbons (Fsp3) is 0.714. The van der Waals surface area contributed by atoms with Gasteiger partial charge < -0.3 is 0 Å². The van der Waals surface area contributed by atoms with Crippen LogP contribution in [0.25, 0.3) is 0 Å².